The van der Waals surface area contributed by atoms with Crippen LogP contribution in [-0.4, -0.2) is 24.3 Å². The Morgan fingerprint density at radius 2 is 2.05 bits per heavy atom. The lowest BCUT2D eigenvalue weighted by Gasteiger charge is -2.09. The molecule has 0 N–H and O–H groups in total. The largest absolute Gasteiger partial charge is 0.486 e. The predicted molar refractivity (Wildman–Crippen MR) is 78.1 cm³/mol. The molecule has 0 saturated carbocycles. The van der Waals surface area contributed by atoms with Gasteiger partial charge in [0.15, 0.2) is 0 Å². The van der Waals surface area contributed by atoms with Gasteiger partial charge in [-0.3, -0.25) is 4.98 Å². The molecule has 104 valence electrons. The van der Waals surface area contributed by atoms with Crippen LogP contribution in [0.4, 0.5) is 0 Å². The van der Waals surface area contributed by atoms with Crippen molar-refractivity contribution in [2.24, 2.45) is 0 Å². The number of para-hydroxylation sites is 1. The minimum absolute atomic E-state index is 0.360. The quantitative estimate of drug-likeness (QED) is 0.625. The van der Waals surface area contributed by atoms with E-state index in [9.17, 15) is 4.79 Å². The van der Waals surface area contributed by atoms with Gasteiger partial charge in [0.25, 0.3) is 0 Å². The molecular formula is C15H15NO3S. The summed E-state index contributed by atoms with van der Waals surface area (Å²) in [6, 6.07) is 11.3. The summed E-state index contributed by atoms with van der Waals surface area (Å²) in [5.41, 5.74) is 1.19. The van der Waals surface area contributed by atoms with Crippen LogP contribution in [0, 0.1) is 0 Å². The van der Waals surface area contributed by atoms with Gasteiger partial charge >= 0.3 is 5.97 Å². The minimum atomic E-state index is -0.391. The maximum Gasteiger partial charge on any atom is 0.339 e. The predicted octanol–water partition coefficient (Wildman–Crippen LogP) is 3.17. The normalized spacial score (nSPS) is 10.1. The highest BCUT2D eigenvalue weighted by Gasteiger charge is 2.06. The molecule has 5 heteroatoms. The van der Waals surface area contributed by atoms with Crippen molar-refractivity contribution in [3.05, 3.63) is 53.9 Å². The van der Waals surface area contributed by atoms with E-state index >= 15 is 0 Å². The van der Waals surface area contributed by atoms with Gasteiger partial charge in [-0.25, -0.2) is 4.79 Å². The van der Waals surface area contributed by atoms with Gasteiger partial charge < -0.3 is 9.47 Å². The van der Waals surface area contributed by atoms with Crippen LogP contribution in [0.15, 0.2) is 47.5 Å². The first-order valence-corrected chi connectivity index (χ1v) is 7.26. The second-order valence-electron chi connectivity index (χ2n) is 3.97. The van der Waals surface area contributed by atoms with Crippen molar-refractivity contribution in [2.75, 3.05) is 13.4 Å². The van der Waals surface area contributed by atoms with Crippen molar-refractivity contribution in [2.45, 2.75) is 11.5 Å². The number of hydrogen-bond acceptors (Lipinski definition) is 5. The number of thioether (sulfide) groups is 1. The van der Waals surface area contributed by atoms with Crippen LogP contribution in [0.25, 0.3) is 0 Å². The van der Waals surface area contributed by atoms with Crippen molar-refractivity contribution in [3.63, 3.8) is 0 Å². The second-order valence-corrected chi connectivity index (χ2v) is 4.82. The Kier molecular flexibility index (Phi) is 5.01. The molecule has 0 aliphatic heterocycles. The lowest BCUT2D eigenvalue weighted by Crippen LogP contribution is -2.04. The Morgan fingerprint density at radius 1 is 1.25 bits per heavy atom. The molecule has 4 nitrogen and oxygen atoms in total. The molecule has 0 amide bonds. The molecule has 0 fully saturated rings. The van der Waals surface area contributed by atoms with Crippen LogP contribution in [0.1, 0.15) is 16.1 Å². The van der Waals surface area contributed by atoms with Gasteiger partial charge in [0.2, 0.25) is 0 Å². The number of esters is 1. The summed E-state index contributed by atoms with van der Waals surface area (Å²) in [7, 11) is 1.35. The van der Waals surface area contributed by atoms with Gasteiger partial charge in [-0.15, -0.1) is 11.8 Å². The van der Waals surface area contributed by atoms with E-state index in [1.54, 1.807) is 23.9 Å². The molecule has 2 rings (SSSR count). The monoisotopic (exact) mass is 289 g/mol. The first-order valence-electron chi connectivity index (χ1n) is 6.03. The fourth-order valence-corrected chi connectivity index (χ4v) is 2.18. The highest BCUT2D eigenvalue weighted by Crippen LogP contribution is 2.27. The summed E-state index contributed by atoms with van der Waals surface area (Å²) in [6.07, 6.45) is 3.50. The van der Waals surface area contributed by atoms with Crippen LogP contribution in [0.3, 0.4) is 0 Å². The van der Waals surface area contributed by atoms with Crippen LogP contribution in [0.2, 0.25) is 0 Å². The van der Waals surface area contributed by atoms with Crippen molar-refractivity contribution in [1.29, 1.82) is 0 Å². The first kappa shape index (κ1) is 14.4. The van der Waals surface area contributed by atoms with E-state index < -0.39 is 5.97 Å². The third-order valence-electron chi connectivity index (χ3n) is 2.69. The van der Waals surface area contributed by atoms with E-state index in [4.69, 9.17) is 4.74 Å². The number of aromatic nitrogens is 1. The fourth-order valence-electron chi connectivity index (χ4n) is 1.64. The lowest BCUT2D eigenvalue weighted by molar-refractivity contribution is 0.0600. The number of methoxy groups -OCH3 is 1. The number of benzene rings is 1. The van der Waals surface area contributed by atoms with Gasteiger partial charge in [0.1, 0.15) is 12.4 Å². The maximum atomic E-state index is 11.3. The van der Waals surface area contributed by atoms with Gasteiger partial charge in [-0.05, 0) is 30.5 Å². The van der Waals surface area contributed by atoms with E-state index in [0.29, 0.717) is 12.2 Å². The summed E-state index contributed by atoms with van der Waals surface area (Å²) in [5, 5.41) is 0. The minimum Gasteiger partial charge on any atom is -0.486 e. The zero-order chi connectivity index (χ0) is 14.4. The molecule has 0 unspecified atom stereocenters. The van der Waals surface area contributed by atoms with Gasteiger partial charge in [-0.2, -0.15) is 0 Å². The summed E-state index contributed by atoms with van der Waals surface area (Å²) < 4.78 is 10.4. The molecule has 1 aromatic carbocycles. The molecule has 1 aromatic heterocycles. The molecule has 0 atom stereocenters. The number of ether oxygens (including phenoxy) is 2. The number of nitrogens with zero attached hydrogens (tertiary/aromatic N) is 1. The Balaban J connectivity index is 2.02. The van der Waals surface area contributed by atoms with E-state index in [0.717, 1.165) is 16.3 Å². The summed E-state index contributed by atoms with van der Waals surface area (Å²) >= 11 is 1.63. The van der Waals surface area contributed by atoms with E-state index in [-0.39, 0.29) is 0 Å². The van der Waals surface area contributed by atoms with Gasteiger partial charge in [0.05, 0.1) is 18.4 Å². The summed E-state index contributed by atoms with van der Waals surface area (Å²) in [4.78, 5) is 16.6. The Hall–Kier alpha value is -2.01. The smallest absolute Gasteiger partial charge is 0.339 e. The average molecular weight is 289 g/mol. The standard InChI is InChI=1S/C15H15NO3S/c1-18-15(17)11-7-8-12(16-9-11)10-19-13-5-3-4-6-14(13)20-2/h3-9H,10H2,1-2H3. The molecule has 0 bridgehead atoms. The third kappa shape index (κ3) is 3.51. The molecule has 0 radical (unpaired) electrons. The topological polar surface area (TPSA) is 48.4 Å². The van der Waals surface area contributed by atoms with Crippen molar-refractivity contribution in [1.82, 2.24) is 4.98 Å². The second kappa shape index (κ2) is 6.96. The molecule has 20 heavy (non-hydrogen) atoms. The van der Waals surface area contributed by atoms with Crippen LogP contribution in [-0.2, 0) is 11.3 Å². The highest BCUT2D eigenvalue weighted by molar-refractivity contribution is 7.98. The SMILES string of the molecule is COC(=O)c1ccc(COc2ccccc2SC)nc1. The van der Waals surface area contributed by atoms with E-state index in [2.05, 4.69) is 9.72 Å². The zero-order valence-corrected chi connectivity index (χ0v) is 12.1. The van der Waals surface area contributed by atoms with E-state index in [1.165, 1.54) is 13.3 Å². The molecule has 2 aromatic rings. The number of carbonyl (C=O) groups is 1. The van der Waals surface area contributed by atoms with E-state index in [1.807, 2.05) is 30.5 Å². The molecule has 0 saturated heterocycles. The van der Waals surface area contributed by atoms with Crippen LogP contribution >= 0.6 is 11.8 Å². The van der Waals surface area contributed by atoms with Crippen LogP contribution < -0.4 is 4.74 Å². The lowest BCUT2D eigenvalue weighted by atomic mass is 10.2. The Labute approximate surface area is 122 Å². The molecular weight excluding hydrogens is 274 g/mol. The fraction of sp³-hybridized carbons (Fsp3) is 0.200. The number of hydrogen-bond donors (Lipinski definition) is 0. The highest BCUT2D eigenvalue weighted by atomic mass is 32.2. The molecule has 0 spiro atoms. The Morgan fingerprint density at radius 3 is 2.70 bits per heavy atom. The van der Waals surface area contributed by atoms with Crippen molar-refractivity contribution in [3.8, 4) is 5.75 Å². The molecule has 0 aliphatic rings. The molecule has 1 heterocycles. The zero-order valence-electron chi connectivity index (χ0n) is 11.3. The summed E-state index contributed by atoms with van der Waals surface area (Å²) in [6.45, 7) is 0.360. The molecule has 0 aliphatic carbocycles. The van der Waals surface area contributed by atoms with Gasteiger partial charge in [-0.1, -0.05) is 12.1 Å². The van der Waals surface area contributed by atoms with Gasteiger partial charge in [0, 0.05) is 11.1 Å². The van der Waals surface area contributed by atoms with Crippen molar-refractivity contribution >= 4 is 17.7 Å². The first-order chi connectivity index (χ1) is 9.74. The van der Waals surface area contributed by atoms with Crippen molar-refractivity contribution < 1.29 is 14.3 Å². The summed E-state index contributed by atoms with van der Waals surface area (Å²) in [5.74, 6) is 0.441. The number of rotatable bonds is 5. The number of carbonyl (C=O) groups excluding carboxylic acids is 1. The average Bonchev–Trinajstić information content (AvgIpc) is 2.53. The Bertz CT molecular complexity index is 584. The van der Waals surface area contributed by atoms with Crippen LogP contribution in [0.5, 0.6) is 5.75 Å². The number of pyridine rings is 1. The third-order valence-corrected chi connectivity index (χ3v) is 3.47. The maximum absolute atomic E-state index is 11.3.